The van der Waals surface area contributed by atoms with Gasteiger partial charge in [0.2, 0.25) is 0 Å². The van der Waals surface area contributed by atoms with E-state index in [1.54, 1.807) is 11.1 Å². The van der Waals surface area contributed by atoms with Gasteiger partial charge in [-0.05, 0) is 50.9 Å². The smallest absolute Gasteiger partial charge is 0.0284 e. The van der Waals surface area contributed by atoms with E-state index in [0.29, 0.717) is 0 Å². The van der Waals surface area contributed by atoms with Crippen molar-refractivity contribution in [1.82, 2.24) is 0 Å². The van der Waals surface area contributed by atoms with Crippen LogP contribution in [-0.4, -0.2) is 0 Å². The number of allylic oxidation sites excluding steroid dienone is 2. The summed E-state index contributed by atoms with van der Waals surface area (Å²) in [6.07, 6.45) is 6.62. The van der Waals surface area contributed by atoms with Gasteiger partial charge in [0.05, 0.1) is 0 Å². The normalized spacial score (nSPS) is 14.8. The Morgan fingerprint density at radius 3 is 1.94 bits per heavy atom. The summed E-state index contributed by atoms with van der Waals surface area (Å²) in [6.45, 7) is 16.4. The van der Waals surface area contributed by atoms with E-state index in [4.69, 9.17) is 0 Å². The fourth-order valence-corrected chi connectivity index (χ4v) is 2.63. The zero-order chi connectivity index (χ0) is 13.4. The van der Waals surface area contributed by atoms with Crippen LogP contribution in [0.2, 0.25) is 0 Å². The molecule has 2 atom stereocenters. The highest BCUT2D eigenvalue weighted by Crippen LogP contribution is 2.32. The maximum Gasteiger partial charge on any atom is -0.0284 e. The van der Waals surface area contributed by atoms with E-state index in [1.807, 2.05) is 0 Å². The first-order chi connectivity index (χ1) is 7.93. The molecule has 0 aliphatic carbocycles. The standard InChI is InChI=1S/C17H34/c1-8-10-11-16(13(3)4)12-17(14(5)6)15(7)9-2/h14-15,17H,8-12H2,1-7H3. The molecule has 0 amide bonds. The van der Waals surface area contributed by atoms with Crippen LogP contribution >= 0.6 is 0 Å². The van der Waals surface area contributed by atoms with Gasteiger partial charge in [0.25, 0.3) is 0 Å². The minimum absolute atomic E-state index is 0.806. The minimum atomic E-state index is 0.806. The molecular formula is C17H34. The number of hydrogen-bond acceptors (Lipinski definition) is 0. The summed E-state index contributed by atoms with van der Waals surface area (Å²) in [5.74, 6) is 2.52. The molecule has 0 heterocycles. The number of unbranched alkanes of at least 4 members (excludes halogenated alkanes) is 1. The molecule has 0 nitrogen and oxygen atoms in total. The topological polar surface area (TPSA) is 0 Å². The average Bonchev–Trinajstić information content (AvgIpc) is 2.27. The van der Waals surface area contributed by atoms with E-state index in [1.165, 1.54) is 32.1 Å². The minimum Gasteiger partial charge on any atom is -0.0772 e. The monoisotopic (exact) mass is 238 g/mol. The van der Waals surface area contributed by atoms with Crippen LogP contribution in [0.5, 0.6) is 0 Å². The Bertz CT molecular complexity index is 218. The number of rotatable bonds is 8. The second-order valence-electron chi connectivity index (χ2n) is 6.20. The summed E-state index contributed by atoms with van der Waals surface area (Å²) in [5.41, 5.74) is 3.29. The molecule has 0 saturated carbocycles. The van der Waals surface area contributed by atoms with Crippen molar-refractivity contribution in [3.63, 3.8) is 0 Å². The summed E-state index contributed by atoms with van der Waals surface area (Å²) < 4.78 is 0. The third-order valence-electron chi connectivity index (χ3n) is 4.25. The second-order valence-corrected chi connectivity index (χ2v) is 6.20. The Labute approximate surface area is 110 Å². The van der Waals surface area contributed by atoms with Crippen LogP contribution in [0.3, 0.4) is 0 Å². The van der Waals surface area contributed by atoms with Crippen LogP contribution in [0.4, 0.5) is 0 Å². The molecule has 0 aromatic rings. The maximum atomic E-state index is 2.42. The van der Waals surface area contributed by atoms with Gasteiger partial charge in [-0.15, -0.1) is 0 Å². The Balaban J connectivity index is 4.64. The van der Waals surface area contributed by atoms with Gasteiger partial charge in [-0.1, -0.05) is 58.6 Å². The molecule has 0 bridgehead atoms. The van der Waals surface area contributed by atoms with Crippen molar-refractivity contribution in [1.29, 1.82) is 0 Å². The van der Waals surface area contributed by atoms with E-state index in [-0.39, 0.29) is 0 Å². The molecule has 0 saturated heterocycles. The predicted molar refractivity (Wildman–Crippen MR) is 80.3 cm³/mol. The van der Waals surface area contributed by atoms with Crippen LogP contribution in [0.25, 0.3) is 0 Å². The average molecular weight is 238 g/mol. The third-order valence-corrected chi connectivity index (χ3v) is 4.25. The molecule has 2 unspecified atom stereocenters. The van der Waals surface area contributed by atoms with Gasteiger partial charge in [-0.2, -0.15) is 0 Å². The maximum absolute atomic E-state index is 2.42. The van der Waals surface area contributed by atoms with E-state index < -0.39 is 0 Å². The molecule has 102 valence electrons. The lowest BCUT2D eigenvalue weighted by Gasteiger charge is -2.28. The molecule has 0 aromatic heterocycles. The Morgan fingerprint density at radius 2 is 1.59 bits per heavy atom. The lowest BCUT2D eigenvalue weighted by molar-refractivity contribution is 0.259. The molecule has 0 N–H and O–H groups in total. The van der Waals surface area contributed by atoms with Gasteiger partial charge in [0.1, 0.15) is 0 Å². The summed E-state index contributed by atoms with van der Waals surface area (Å²) in [6, 6.07) is 0. The number of hydrogen-bond donors (Lipinski definition) is 0. The largest absolute Gasteiger partial charge is 0.0772 e. The van der Waals surface area contributed by atoms with Crippen molar-refractivity contribution in [3.8, 4) is 0 Å². The fourth-order valence-electron chi connectivity index (χ4n) is 2.63. The van der Waals surface area contributed by atoms with Crippen molar-refractivity contribution >= 4 is 0 Å². The van der Waals surface area contributed by atoms with Gasteiger partial charge in [-0.3, -0.25) is 0 Å². The van der Waals surface area contributed by atoms with Crippen molar-refractivity contribution < 1.29 is 0 Å². The van der Waals surface area contributed by atoms with E-state index >= 15 is 0 Å². The van der Waals surface area contributed by atoms with Gasteiger partial charge < -0.3 is 0 Å². The van der Waals surface area contributed by atoms with Crippen molar-refractivity contribution in [3.05, 3.63) is 11.1 Å². The van der Waals surface area contributed by atoms with Crippen LogP contribution in [0.15, 0.2) is 11.1 Å². The highest BCUT2D eigenvalue weighted by atomic mass is 14.3. The molecule has 0 heteroatoms. The zero-order valence-electron chi connectivity index (χ0n) is 13.3. The zero-order valence-corrected chi connectivity index (χ0v) is 13.3. The lowest BCUT2D eigenvalue weighted by atomic mass is 9.77. The van der Waals surface area contributed by atoms with Crippen molar-refractivity contribution in [2.75, 3.05) is 0 Å². The highest BCUT2D eigenvalue weighted by molar-refractivity contribution is 5.11. The van der Waals surface area contributed by atoms with Gasteiger partial charge in [0, 0.05) is 0 Å². The van der Waals surface area contributed by atoms with E-state index in [9.17, 15) is 0 Å². The van der Waals surface area contributed by atoms with Crippen LogP contribution < -0.4 is 0 Å². The highest BCUT2D eigenvalue weighted by Gasteiger charge is 2.21. The van der Waals surface area contributed by atoms with E-state index in [0.717, 1.165) is 17.8 Å². The van der Waals surface area contributed by atoms with Crippen LogP contribution in [0.1, 0.15) is 80.6 Å². The van der Waals surface area contributed by atoms with Gasteiger partial charge in [-0.25, -0.2) is 0 Å². The molecule has 17 heavy (non-hydrogen) atoms. The third kappa shape index (κ3) is 6.29. The molecule has 0 radical (unpaired) electrons. The summed E-state index contributed by atoms with van der Waals surface area (Å²) >= 11 is 0. The molecule has 0 fully saturated rings. The predicted octanol–water partition coefficient (Wildman–Crippen LogP) is 6.22. The first-order valence-corrected chi connectivity index (χ1v) is 7.59. The van der Waals surface area contributed by atoms with Gasteiger partial charge in [0.15, 0.2) is 0 Å². The molecule has 0 aliphatic heterocycles. The molecular weight excluding hydrogens is 204 g/mol. The Kier molecular flexibility index (Phi) is 8.64. The summed E-state index contributed by atoms with van der Waals surface area (Å²) in [4.78, 5) is 0. The van der Waals surface area contributed by atoms with Crippen LogP contribution in [0, 0.1) is 17.8 Å². The lowest BCUT2D eigenvalue weighted by Crippen LogP contribution is -2.18. The van der Waals surface area contributed by atoms with Crippen molar-refractivity contribution in [2.45, 2.75) is 80.6 Å². The van der Waals surface area contributed by atoms with Crippen molar-refractivity contribution in [2.24, 2.45) is 17.8 Å². The first-order valence-electron chi connectivity index (χ1n) is 7.59. The summed E-state index contributed by atoms with van der Waals surface area (Å²) in [7, 11) is 0. The second kappa shape index (κ2) is 8.78. The fraction of sp³-hybridized carbons (Fsp3) is 0.882. The Morgan fingerprint density at radius 1 is 1.00 bits per heavy atom. The molecule has 0 aromatic carbocycles. The van der Waals surface area contributed by atoms with E-state index in [2.05, 4.69) is 48.5 Å². The molecule has 0 spiro atoms. The quantitative estimate of drug-likeness (QED) is 0.440. The SMILES string of the molecule is CCCCC(CC(C(C)C)C(C)CC)=C(C)C. The van der Waals surface area contributed by atoms with Crippen LogP contribution in [-0.2, 0) is 0 Å². The first kappa shape index (κ1) is 16.7. The Hall–Kier alpha value is -0.260. The molecule has 0 aliphatic rings. The summed E-state index contributed by atoms with van der Waals surface area (Å²) in [5, 5.41) is 0. The van der Waals surface area contributed by atoms with Gasteiger partial charge >= 0.3 is 0 Å². The molecule has 0 rings (SSSR count).